The molecule has 4 nitrogen and oxygen atoms in total. The lowest BCUT2D eigenvalue weighted by Gasteiger charge is -2.31. The van der Waals surface area contributed by atoms with Crippen molar-refractivity contribution in [2.45, 2.75) is 31.1 Å². The lowest BCUT2D eigenvalue weighted by atomic mass is 9.77. The van der Waals surface area contributed by atoms with Crippen molar-refractivity contribution in [3.63, 3.8) is 0 Å². The zero-order chi connectivity index (χ0) is 14.8. The second-order valence-electron chi connectivity index (χ2n) is 5.19. The third kappa shape index (κ3) is 2.20. The Kier molecular flexibility index (Phi) is 4.38. The number of nitrogens with two attached hydrogens (primary N) is 1. The van der Waals surface area contributed by atoms with Crippen LogP contribution < -0.4 is 19.9 Å². The minimum absolute atomic E-state index is 0.218. The predicted molar refractivity (Wildman–Crippen MR) is 75.3 cm³/mol. The summed E-state index contributed by atoms with van der Waals surface area (Å²) in [6, 6.07) is 1.29. The topological polar surface area (TPSA) is 53.7 Å². The first-order valence-electron chi connectivity index (χ1n) is 6.82. The normalized spacial score (nSPS) is 17.1. The lowest BCUT2D eigenvalue weighted by molar-refractivity contribution is 0.310. The van der Waals surface area contributed by atoms with Crippen LogP contribution in [0.15, 0.2) is 6.07 Å². The average Bonchev–Trinajstić information content (AvgIpc) is 2.95. The highest BCUT2D eigenvalue weighted by Gasteiger charge is 2.41. The highest BCUT2D eigenvalue weighted by Crippen LogP contribution is 2.51. The lowest BCUT2D eigenvalue weighted by Crippen LogP contribution is -2.33. The summed E-state index contributed by atoms with van der Waals surface area (Å²) in [5.74, 6) is 0.675. The van der Waals surface area contributed by atoms with Crippen molar-refractivity contribution in [3.05, 3.63) is 17.4 Å². The Hall–Kier alpha value is -1.49. The number of hydrogen-bond donors (Lipinski definition) is 1. The summed E-state index contributed by atoms with van der Waals surface area (Å²) >= 11 is 0. The van der Waals surface area contributed by atoms with E-state index in [1.807, 2.05) is 0 Å². The van der Waals surface area contributed by atoms with Gasteiger partial charge in [0.2, 0.25) is 0 Å². The fraction of sp³-hybridized carbons (Fsp3) is 0.600. The van der Waals surface area contributed by atoms with Gasteiger partial charge in [-0.1, -0.05) is 12.8 Å². The molecule has 1 aromatic carbocycles. The van der Waals surface area contributed by atoms with Crippen LogP contribution in [0.5, 0.6) is 17.2 Å². The molecule has 2 N–H and O–H groups in total. The van der Waals surface area contributed by atoms with Crippen molar-refractivity contribution in [1.82, 2.24) is 0 Å². The maximum absolute atomic E-state index is 14.3. The van der Waals surface area contributed by atoms with E-state index in [1.54, 1.807) is 7.11 Å². The molecule has 5 heteroatoms. The fourth-order valence-corrected chi connectivity index (χ4v) is 3.24. The van der Waals surface area contributed by atoms with Crippen molar-refractivity contribution in [2.24, 2.45) is 5.73 Å². The van der Waals surface area contributed by atoms with Gasteiger partial charge in [0.1, 0.15) is 0 Å². The molecule has 2 rings (SSSR count). The highest BCUT2D eigenvalue weighted by atomic mass is 19.1. The Morgan fingerprint density at radius 1 is 1.10 bits per heavy atom. The molecule has 0 aliphatic heterocycles. The molecular formula is C15H22FNO3. The summed E-state index contributed by atoms with van der Waals surface area (Å²) in [4.78, 5) is 0. The van der Waals surface area contributed by atoms with Crippen LogP contribution in [0.3, 0.4) is 0 Å². The van der Waals surface area contributed by atoms with Crippen LogP contribution in [0, 0.1) is 5.82 Å². The predicted octanol–water partition coefficient (Wildman–Crippen LogP) is 2.62. The minimum atomic E-state index is -0.445. The Morgan fingerprint density at radius 3 is 2.15 bits per heavy atom. The summed E-state index contributed by atoms with van der Waals surface area (Å²) in [5, 5.41) is 0. The van der Waals surface area contributed by atoms with Gasteiger partial charge in [-0.15, -0.1) is 0 Å². The molecule has 0 amide bonds. The zero-order valence-corrected chi connectivity index (χ0v) is 12.3. The zero-order valence-electron chi connectivity index (χ0n) is 12.3. The Morgan fingerprint density at radius 2 is 1.70 bits per heavy atom. The fourth-order valence-electron chi connectivity index (χ4n) is 3.24. The third-order valence-corrected chi connectivity index (χ3v) is 4.26. The van der Waals surface area contributed by atoms with Crippen molar-refractivity contribution in [1.29, 1.82) is 0 Å². The first-order valence-corrected chi connectivity index (χ1v) is 6.82. The van der Waals surface area contributed by atoms with E-state index in [4.69, 9.17) is 19.9 Å². The van der Waals surface area contributed by atoms with Crippen LogP contribution in [0.1, 0.15) is 31.2 Å². The number of hydrogen-bond acceptors (Lipinski definition) is 4. The quantitative estimate of drug-likeness (QED) is 0.902. The van der Waals surface area contributed by atoms with Gasteiger partial charge in [0.05, 0.1) is 26.9 Å². The molecule has 1 aliphatic rings. The summed E-state index contributed by atoms with van der Waals surface area (Å²) in [6.45, 7) is 0.437. The molecule has 0 radical (unpaired) electrons. The molecule has 112 valence electrons. The molecule has 0 heterocycles. The van der Waals surface area contributed by atoms with Crippen molar-refractivity contribution in [2.75, 3.05) is 27.9 Å². The highest BCUT2D eigenvalue weighted by molar-refractivity contribution is 5.58. The van der Waals surface area contributed by atoms with E-state index in [-0.39, 0.29) is 11.2 Å². The van der Waals surface area contributed by atoms with Gasteiger partial charge >= 0.3 is 0 Å². The molecule has 0 bridgehead atoms. The van der Waals surface area contributed by atoms with Crippen LogP contribution in [-0.4, -0.2) is 27.9 Å². The molecule has 0 atom stereocenters. The molecule has 0 unspecified atom stereocenters. The summed E-state index contributed by atoms with van der Waals surface area (Å²) in [7, 11) is 4.52. The summed E-state index contributed by atoms with van der Waals surface area (Å²) in [6.07, 6.45) is 3.95. The SMILES string of the molecule is COc1cc(F)c(OC)c(C2(CN)CCCC2)c1OC. The molecule has 20 heavy (non-hydrogen) atoms. The maximum atomic E-state index is 14.3. The summed E-state index contributed by atoms with van der Waals surface area (Å²) < 4.78 is 30.3. The van der Waals surface area contributed by atoms with Gasteiger partial charge in [-0.05, 0) is 12.8 Å². The molecule has 1 fully saturated rings. The van der Waals surface area contributed by atoms with E-state index in [0.29, 0.717) is 23.6 Å². The van der Waals surface area contributed by atoms with Crippen molar-refractivity contribution in [3.8, 4) is 17.2 Å². The van der Waals surface area contributed by atoms with Crippen molar-refractivity contribution >= 4 is 0 Å². The number of halogens is 1. The Balaban J connectivity index is 2.73. The first kappa shape index (κ1) is 14.9. The number of methoxy groups -OCH3 is 3. The van der Waals surface area contributed by atoms with E-state index < -0.39 is 5.82 Å². The van der Waals surface area contributed by atoms with Crippen LogP contribution in [0.2, 0.25) is 0 Å². The van der Waals surface area contributed by atoms with Gasteiger partial charge in [0, 0.05) is 18.0 Å². The van der Waals surface area contributed by atoms with Crippen LogP contribution in [0.4, 0.5) is 4.39 Å². The molecular weight excluding hydrogens is 261 g/mol. The van der Waals surface area contributed by atoms with E-state index in [1.165, 1.54) is 20.3 Å². The molecule has 1 aliphatic carbocycles. The second-order valence-corrected chi connectivity index (χ2v) is 5.19. The van der Waals surface area contributed by atoms with Gasteiger partial charge in [-0.3, -0.25) is 0 Å². The number of benzene rings is 1. The van der Waals surface area contributed by atoms with Gasteiger partial charge in [0.25, 0.3) is 0 Å². The van der Waals surface area contributed by atoms with Gasteiger partial charge in [-0.2, -0.15) is 0 Å². The molecule has 1 saturated carbocycles. The number of ether oxygens (including phenoxy) is 3. The van der Waals surface area contributed by atoms with Crippen LogP contribution >= 0.6 is 0 Å². The second kappa shape index (κ2) is 5.87. The minimum Gasteiger partial charge on any atom is -0.493 e. The van der Waals surface area contributed by atoms with Gasteiger partial charge in [0.15, 0.2) is 23.1 Å². The maximum Gasteiger partial charge on any atom is 0.169 e. The average molecular weight is 283 g/mol. The van der Waals surface area contributed by atoms with E-state index in [2.05, 4.69) is 0 Å². The molecule has 0 aromatic heterocycles. The van der Waals surface area contributed by atoms with Crippen LogP contribution in [0.25, 0.3) is 0 Å². The van der Waals surface area contributed by atoms with E-state index >= 15 is 0 Å². The third-order valence-electron chi connectivity index (χ3n) is 4.26. The van der Waals surface area contributed by atoms with Gasteiger partial charge in [-0.25, -0.2) is 4.39 Å². The first-order chi connectivity index (χ1) is 9.63. The van der Waals surface area contributed by atoms with Gasteiger partial charge < -0.3 is 19.9 Å². The monoisotopic (exact) mass is 283 g/mol. The Labute approximate surface area is 119 Å². The standard InChI is InChI=1S/C15H22FNO3/c1-18-11-8-10(16)13(19-2)12(14(11)20-3)15(9-17)6-4-5-7-15/h8H,4-7,9,17H2,1-3H3. The largest absolute Gasteiger partial charge is 0.493 e. The molecule has 0 spiro atoms. The summed E-state index contributed by atoms with van der Waals surface area (Å²) in [5.41, 5.74) is 6.42. The Bertz CT molecular complexity index is 484. The molecule has 0 saturated heterocycles. The van der Waals surface area contributed by atoms with Crippen molar-refractivity contribution < 1.29 is 18.6 Å². The molecule has 1 aromatic rings. The van der Waals surface area contributed by atoms with E-state index in [0.717, 1.165) is 25.7 Å². The van der Waals surface area contributed by atoms with Crippen LogP contribution in [-0.2, 0) is 5.41 Å². The smallest absolute Gasteiger partial charge is 0.169 e. The number of rotatable bonds is 5. The van der Waals surface area contributed by atoms with E-state index in [9.17, 15) is 4.39 Å².